The molecule has 0 saturated heterocycles. The zero-order chi connectivity index (χ0) is 19.6. The van der Waals surface area contributed by atoms with Crippen LogP contribution in [0.4, 0.5) is 9.80 Å². The van der Waals surface area contributed by atoms with E-state index in [0.717, 1.165) is 22.7 Å². The standard InChI is InChI=1S/C17H17N5O4S/c1-4-26-17(25)20-14(23)11-5-6-27-16(11)19-15(24)12-8-13-18-9(2)7-10(3)22(13)21-12/h5-8H,4H2,1-3H3,(H,19,24)(H,20,23,25). The summed E-state index contributed by atoms with van der Waals surface area (Å²) in [6, 6.07) is 4.94. The van der Waals surface area contributed by atoms with Gasteiger partial charge in [-0.3, -0.25) is 14.9 Å². The fraction of sp³-hybridized carbons (Fsp3) is 0.235. The molecule has 3 amide bonds. The van der Waals surface area contributed by atoms with Crippen LogP contribution < -0.4 is 10.6 Å². The van der Waals surface area contributed by atoms with Gasteiger partial charge < -0.3 is 10.1 Å². The number of fused-ring (bicyclic) bond motifs is 1. The van der Waals surface area contributed by atoms with Crippen molar-refractivity contribution in [2.75, 3.05) is 11.9 Å². The van der Waals surface area contributed by atoms with E-state index >= 15 is 0 Å². The first kappa shape index (κ1) is 18.5. The van der Waals surface area contributed by atoms with Crippen molar-refractivity contribution in [3.8, 4) is 0 Å². The fourth-order valence-corrected chi connectivity index (χ4v) is 3.26. The van der Waals surface area contributed by atoms with Gasteiger partial charge in [-0.2, -0.15) is 5.10 Å². The summed E-state index contributed by atoms with van der Waals surface area (Å²) >= 11 is 1.16. The van der Waals surface area contributed by atoms with E-state index in [9.17, 15) is 14.4 Å². The van der Waals surface area contributed by atoms with Crippen molar-refractivity contribution < 1.29 is 19.1 Å². The molecule has 0 fully saturated rings. The maximum Gasteiger partial charge on any atom is 0.414 e. The van der Waals surface area contributed by atoms with Gasteiger partial charge in [0.15, 0.2) is 11.3 Å². The molecule has 0 aromatic carbocycles. The Morgan fingerprint density at radius 1 is 1.22 bits per heavy atom. The minimum atomic E-state index is -0.844. The molecule has 9 nitrogen and oxygen atoms in total. The SMILES string of the molecule is CCOC(=O)NC(=O)c1ccsc1NC(=O)c1cc2nc(C)cc(C)n2n1. The summed E-state index contributed by atoms with van der Waals surface area (Å²) in [6.07, 6.45) is -0.844. The number of carbonyl (C=O) groups excluding carboxylic acids is 3. The van der Waals surface area contributed by atoms with Crippen LogP contribution in [-0.4, -0.2) is 39.1 Å². The maximum absolute atomic E-state index is 12.5. The number of imide groups is 1. The van der Waals surface area contributed by atoms with Crippen molar-refractivity contribution in [3.63, 3.8) is 0 Å². The summed E-state index contributed by atoms with van der Waals surface area (Å²) in [7, 11) is 0. The fourth-order valence-electron chi connectivity index (χ4n) is 2.48. The van der Waals surface area contributed by atoms with Crippen LogP contribution in [0.1, 0.15) is 39.2 Å². The average molecular weight is 387 g/mol. The Hall–Kier alpha value is -3.27. The van der Waals surface area contributed by atoms with Crippen molar-refractivity contribution in [2.24, 2.45) is 0 Å². The van der Waals surface area contributed by atoms with E-state index in [1.807, 2.05) is 19.9 Å². The molecule has 0 saturated carbocycles. The number of rotatable bonds is 4. The second kappa shape index (κ2) is 7.54. The highest BCUT2D eigenvalue weighted by atomic mass is 32.1. The number of thiophene rings is 1. The van der Waals surface area contributed by atoms with Gasteiger partial charge in [-0.25, -0.2) is 14.3 Å². The third-order valence-electron chi connectivity index (χ3n) is 3.59. The van der Waals surface area contributed by atoms with E-state index in [1.54, 1.807) is 22.9 Å². The third kappa shape index (κ3) is 3.95. The Morgan fingerprint density at radius 2 is 2.00 bits per heavy atom. The number of aromatic nitrogens is 3. The van der Waals surface area contributed by atoms with Crippen LogP contribution in [0.25, 0.3) is 5.65 Å². The molecular weight excluding hydrogens is 370 g/mol. The van der Waals surface area contributed by atoms with Gasteiger partial charge in [-0.1, -0.05) is 0 Å². The first-order chi connectivity index (χ1) is 12.9. The van der Waals surface area contributed by atoms with E-state index in [-0.39, 0.29) is 17.9 Å². The van der Waals surface area contributed by atoms with Gasteiger partial charge in [-0.15, -0.1) is 11.3 Å². The first-order valence-corrected chi connectivity index (χ1v) is 8.98. The number of hydrogen-bond acceptors (Lipinski definition) is 7. The molecule has 0 aliphatic rings. The highest BCUT2D eigenvalue weighted by Gasteiger charge is 2.20. The van der Waals surface area contributed by atoms with Gasteiger partial charge in [0.05, 0.1) is 12.2 Å². The van der Waals surface area contributed by atoms with Crippen LogP contribution in [0.15, 0.2) is 23.6 Å². The number of ether oxygens (including phenoxy) is 1. The van der Waals surface area contributed by atoms with Gasteiger partial charge in [-0.05, 0) is 38.3 Å². The second-order valence-corrected chi connectivity index (χ2v) is 6.55. The van der Waals surface area contributed by atoms with Gasteiger partial charge in [0.1, 0.15) is 5.00 Å². The van der Waals surface area contributed by atoms with Crippen LogP contribution in [0.2, 0.25) is 0 Å². The predicted molar refractivity (Wildman–Crippen MR) is 99.2 cm³/mol. The number of anilines is 1. The van der Waals surface area contributed by atoms with Crippen molar-refractivity contribution in [1.29, 1.82) is 0 Å². The maximum atomic E-state index is 12.5. The smallest absolute Gasteiger partial charge is 0.414 e. The number of nitrogens with zero attached hydrogens (tertiary/aromatic N) is 3. The van der Waals surface area contributed by atoms with E-state index < -0.39 is 17.9 Å². The minimum absolute atomic E-state index is 0.146. The molecule has 27 heavy (non-hydrogen) atoms. The van der Waals surface area contributed by atoms with Crippen LogP contribution in [0, 0.1) is 13.8 Å². The predicted octanol–water partition coefficient (Wildman–Crippen LogP) is 2.55. The Morgan fingerprint density at radius 3 is 2.74 bits per heavy atom. The summed E-state index contributed by atoms with van der Waals surface area (Å²) < 4.78 is 6.25. The molecule has 3 rings (SSSR count). The second-order valence-electron chi connectivity index (χ2n) is 5.63. The minimum Gasteiger partial charge on any atom is -0.450 e. The van der Waals surface area contributed by atoms with Crippen molar-refractivity contribution in [1.82, 2.24) is 19.9 Å². The Bertz CT molecular complexity index is 1040. The molecule has 2 N–H and O–H groups in total. The topological polar surface area (TPSA) is 115 Å². The lowest BCUT2D eigenvalue weighted by Crippen LogP contribution is -2.31. The molecule has 3 aromatic heterocycles. The highest BCUT2D eigenvalue weighted by molar-refractivity contribution is 7.14. The lowest BCUT2D eigenvalue weighted by atomic mass is 10.3. The van der Waals surface area contributed by atoms with Crippen molar-refractivity contribution in [2.45, 2.75) is 20.8 Å². The molecule has 3 aromatic rings. The zero-order valence-electron chi connectivity index (χ0n) is 14.9. The van der Waals surface area contributed by atoms with Crippen LogP contribution in [-0.2, 0) is 4.74 Å². The lowest BCUT2D eigenvalue weighted by Gasteiger charge is -2.06. The van der Waals surface area contributed by atoms with Crippen molar-refractivity contribution in [3.05, 3.63) is 46.2 Å². The monoisotopic (exact) mass is 387 g/mol. The average Bonchev–Trinajstić information content (AvgIpc) is 3.21. The molecule has 0 spiro atoms. The molecule has 0 unspecified atom stereocenters. The van der Waals surface area contributed by atoms with E-state index in [2.05, 4.69) is 25.5 Å². The first-order valence-electron chi connectivity index (χ1n) is 8.10. The van der Waals surface area contributed by atoms with Gasteiger partial charge >= 0.3 is 6.09 Å². The summed E-state index contributed by atoms with van der Waals surface area (Å²) in [4.78, 5) is 40.5. The molecule has 0 radical (unpaired) electrons. The largest absolute Gasteiger partial charge is 0.450 e. The van der Waals surface area contributed by atoms with E-state index in [1.165, 1.54) is 6.07 Å². The molecule has 140 valence electrons. The number of aryl methyl sites for hydroxylation is 2. The van der Waals surface area contributed by atoms with E-state index in [0.29, 0.717) is 10.6 Å². The van der Waals surface area contributed by atoms with E-state index in [4.69, 9.17) is 0 Å². The Labute approximate surface area is 158 Å². The molecule has 10 heteroatoms. The number of hydrogen-bond donors (Lipinski definition) is 2. The van der Waals surface area contributed by atoms with Crippen LogP contribution in [0.5, 0.6) is 0 Å². The molecule has 0 atom stereocenters. The normalized spacial score (nSPS) is 10.6. The Balaban J connectivity index is 1.79. The summed E-state index contributed by atoms with van der Waals surface area (Å²) in [5, 5.41) is 10.9. The Kier molecular flexibility index (Phi) is 5.17. The van der Waals surface area contributed by atoms with Gasteiger partial charge in [0, 0.05) is 17.5 Å². The summed E-state index contributed by atoms with van der Waals surface area (Å²) in [6.45, 7) is 5.51. The molecule has 0 aliphatic carbocycles. The van der Waals surface area contributed by atoms with Crippen LogP contribution in [0.3, 0.4) is 0 Å². The highest BCUT2D eigenvalue weighted by Crippen LogP contribution is 2.24. The van der Waals surface area contributed by atoms with Gasteiger partial charge in [0.2, 0.25) is 0 Å². The van der Waals surface area contributed by atoms with Crippen molar-refractivity contribution >= 4 is 39.9 Å². The zero-order valence-corrected chi connectivity index (χ0v) is 15.7. The number of amides is 3. The summed E-state index contributed by atoms with van der Waals surface area (Å²) in [5.74, 6) is -1.14. The third-order valence-corrected chi connectivity index (χ3v) is 4.42. The van der Waals surface area contributed by atoms with Crippen LogP contribution >= 0.6 is 11.3 Å². The lowest BCUT2D eigenvalue weighted by molar-refractivity contribution is 0.0926. The molecular formula is C17H17N5O4S. The molecule has 3 heterocycles. The number of alkyl carbamates (subject to hydrolysis) is 1. The molecule has 0 bridgehead atoms. The van der Waals surface area contributed by atoms with Gasteiger partial charge in [0.25, 0.3) is 11.8 Å². The summed E-state index contributed by atoms with van der Waals surface area (Å²) in [5.41, 5.74) is 2.56. The molecule has 0 aliphatic heterocycles. The number of nitrogens with one attached hydrogen (secondary N) is 2. The number of carbonyl (C=O) groups is 3. The quantitative estimate of drug-likeness (QED) is 0.711.